The molecule has 0 radical (unpaired) electrons. The molecule has 0 aliphatic heterocycles. The standard InChI is InChI=1S/C13H13N3O2/c1-2-18-13(17)11-8-14-9-15-12(11)16-10-6-4-3-5-7-10/h3-9H,2H2,1H3,(H,14,15,16). The molecule has 2 rings (SSSR count). The number of carbonyl (C=O) groups excluding carboxylic acids is 1. The van der Waals surface area contributed by atoms with Crippen LogP contribution in [0.15, 0.2) is 42.9 Å². The minimum atomic E-state index is -0.434. The van der Waals surface area contributed by atoms with Gasteiger partial charge in [0, 0.05) is 11.9 Å². The summed E-state index contributed by atoms with van der Waals surface area (Å²) in [6.45, 7) is 2.07. The molecule has 0 bridgehead atoms. The van der Waals surface area contributed by atoms with Gasteiger partial charge in [-0.2, -0.15) is 0 Å². The SMILES string of the molecule is CCOC(=O)c1cncnc1Nc1ccccc1. The summed E-state index contributed by atoms with van der Waals surface area (Å²) in [4.78, 5) is 19.6. The van der Waals surface area contributed by atoms with E-state index in [4.69, 9.17) is 4.74 Å². The van der Waals surface area contributed by atoms with Crippen molar-refractivity contribution in [3.8, 4) is 0 Å². The molecule has 2 aromatic rings. The topological polar surface area (TPSA) is 64.1 Å². The Morgan fingerprint density at radius 3 is 2.83 bits per heavy atom. The van der Waals surface area contributed by atoms with E-state index in [0.717, 1.165) is 5.69 Å². The van der Waals surface area contributed by atoms with Gasteiger partial charge in [0.25, 0.3) is 0 Å². The van der Waals surface area contributed by atoms with Crippen LogP contribution in [0.2, 0.25) is 0 Å². The van der Waals surface area contributed by atoms with Crippen molar-refractivity contribution in [3.05, 3.63) is 48.4 Å². The monoisotopic (exact) mass is 243 g/mol. The van der Waals surface area contributed by atoms with Gasteiger partial charge in [-0.1, -0.05) is 18.2 Å². The summed E-state index contributed by atoms with van der Waals surface area (Å²) < 4.78 is 4.95. The molecule has 0 unspecified atom stereocenters. The fourth-order valence-electron chi connectivity index (χ4n) is 1.45. The van der Waals surface area contributed by atoms with Crippen molar-refractivity contribution in [3.63, 3.8) is 0 Å². The zero-order valence-electron chi connectivity index (χ0n) is 9.96. The summed E-state index contributed by atoms with van der Waals surface area (Å²) in [6, 6.07) is 9.48. The number of carbonyl (C=O) groups is 1. The Labute approximate surface area is 105 Å². The summed E-state index contributed by atoms with van der Waals surface area (Å²) in [5.74, 6) is 0.00572. The maximum absolute atomic E-state index is 11.7. The minimum Gasteiger partial charge on any atom is -0.462 e. The van der Waals surface area contributed by atoms with Crippen molar-refractivity contribution in [2.45, 2.75) is 6.92 Å². The number of nitrogens with zero attached hydrogens (tertiary/aromatic N) is 2. The fourth-order valence-corrected chi connectivity index (χ4v) is 1.45. The van der Waals surface area contributed by atoms with Crippen molar-refractivity contribution in [2.24, 2.45) is 0 Å². The van der Waals surface area contributed by atoms with Gasteiger partial charge >= 0.3 is 5.97 Å². The number of nitrogens with one attached hydrogen (secondary N) is 1. The van der Waals surface area contributed by atoms with Gasteiger partial charge in [-0.15, -0.1) is 0 Å². The van der Waals surface area contributed by atoms with Crippen LogP contribution >= 0.6 is 0 Å². The molecule has 0 spiro atoms. The lowest BCUT2D eigenvalue weighted by molar-refractivity contribution is 0.0526. The molecule has 1 aromatic heterocycles. The molecule has 92 valence electrons. The molecule has 0 atom stereocenters. The third kappa shape index (κ3) is 2.82. The first-order chi connectivity index (χ1) is 8.81. The van der Waals surface area contributed by atoms with Crippen LogP contribution in [0.3, 0.4) is 0 Å². The number of anilines is 2. The van der Waals surface area contributed by atoms with E-state index in [2.05, 4.69) is 15.3 Å². The van der Waals surface area contributed by atoms with Crippen LogP contribution in [-0.2, 0) is 4.74 Å². The van der Waals surface area contributed by atoms with E-state index in [1.807, 2.05) is 30.3 Å². The lowest BCUT2D eigenvalue weighted by atomic mass is 10.3. The number of ether oxygens (including phenoxy) is 1. The number of esters is 1. The number of rotatable bonds is 4. The summed E-state index contributed by atoms with van der Waals surface area (Å²) in [6.07, 6.45) is 2.82. The largest absolute Gasteiger partial charge is 0.462 e. The van der Waals surface area contributed by atoms with E-state index in [1.165, 1.54) is 12.5 Å². The van der Waals surface area contributed by atoms with Gasteiger partial charge in [0.1, 0.15) is 17.7 Å². The summed E-state index contributed by atoms with van der Waals surface area (Å²) >= 11 is 0. The Balaban J connectivity index is 2.25. The van der Waals surface area contributed by atoms with E-state index in [0.29, 0.717) is 18.0 Å². The summed E-state index contributed by atoms with van der Waals surface area (Å²) in [7, 11) is 0. The summed E-state index contributed by atoms with van der Waals surface area (Å²) in [5.41, 5.74) is 1.17. The average molecular weight is 243 g/mol. The second-order valence-electron chi connectivity index (χ2n) is 3.50. The molecular formula is C13H13N3O2. The lowest BCUT2D eigenvalue weighted by Gasteiger charge is -2.09. The van der Waals surface area contributed by atoms with Crippen LogP contribution in [0.4, 0.5) is 11.5 Å². The highest BCUT2D eigenvalue weighted by molar-refractivity contribution is 5.94. The van der Waals surface area contributed by atoms with Crippen molar-refractivity contribution >= 4 is 17.5 Å². The normalized spacial score (nSPS) is 9.83. The predicted octanol–water partition coefficient (Wildman–Crippen LogP) is 2.40. The Bertz CT molecular complexity index is 529. The first kappa shape index (κ1) is 12.0. The third-order valence-corrected chi connectivity index (χ3v) is 2.24. The minimum absolute atomic E-state index is 0.318. The molecule has 5 nitrogen and oxygen atoms in total. The Morgan fingerprint density at radius 2 is 2.11 bits per heavy atom. The average Bonchev–Trinajstić information content (AvgIpc) is 2.41. The number of hydrogen-bond acceptors (Lipinski definition) is 5. The number of aromatic nitrogens is 2. The van der Waals surface area contributed by atoms with Crippen LogP contribution in [0.25, 0.3) is 0 Å². The number of hydrogen-bond donors (Lipinski definition) is 1. The number of benzene rings is 1. The van der Waals surface area contributed by atoms with Crippen molar-refractivity contribution in [2.75, 3.05) is 11.9 Å². The van der Waals surface area contributed by atoms with Gasteiger partial charge in [-0.25, -0.2) is 14.8 Å². The van der Waals surface area contributed by atoms with Gasteiger partial charge in [0.05, 0.1) is 6.61 Å². The highest BCUT2D eigenvalue weighted by atomic mass is 16.5. The summed E-state index contributed by atoms with van der Waals surface area (Å²) in [5, 5.41) is 3.06. The van der Waals surface area contributed by atoms with Crippen molar-refractivity contribution in [1.29, 1.82) is 0 Å². The third-order valence-electron chi connectivity index (χ3n) is 2.24. The first-order valence-corrected chi connectivity index (χ1v) is 5.60. The van der Waals surface area contributed by atoms with Crippen LogP contribution in [0.1, 0.15) is 17.3 Å². The molecule has 0 amide bonds. The van der Waals surface area contributed by atoms with E-state index >= 15 is 0 Å². The predicted molar refractivity (Wildman–Crippen MR) is 67.7 cm³/mol. The molecule has 0 saturated carbocycles. The second kappa shape index (κ2) is 5.77. The highest BCUT2D eigenvalue weighted by Gasteiger charge is 2.13. The molecule has 0 saturated heterocycles. The second-order valence-corrected chi connectivity index (χ2v) is 3.50. The van der Waals surface area contributed by atoms with Crippen LogP contribution in [0.5, 0.6) is 0 Å². The zero-order chi connectivity index (χ0) is 12.8. The fraction of sp³-hybridized carbons (Fsp3) is 0.154. The van der Waals surface area contributed by atoms with Crippen LogP contribution < -0.4 is 5.32 Å². The Hall–Kier alpha value is -2.43. The van der Waals surface area contributed by atoms with E-state index in [-0.39, 0.29) is 0 Å². The van der Waals surface area contributed by atoms with Gasteiger partial charge in [0.15, 0.2) is 0 Å². The molecule has 18 heavy (non-hydrogen) atoms. The van der Waals surface area contributed by atoms with Crippen LogP contribution in [-0.4, -0.2) is 22.5 Å². The smallest absolute Gasteiger partial charge is 0.343 e. The molecule has 0 fully saturated rings. The molecule has 1 N–H and O–H groups in total. The van der Waals surface area contributed by atoms with Crippen molar-refractivity contribution in [1.82, 2.24) is 9.97 Å². The Kier molecular flexibility index (Phi) is 3.86. The highest BCUT2D eigenvalue weighted by Crippen LogP contribution is 2.17. The maximum atomic E-state index is 11.7. The van der Waals surface area contributed by atoms with Gasteiger partial charge < -0.3 is 10.1 Å². The quantitative estimate of drug-likeness (QED) is 0.835. The molecule has 1 aromatic carbocycles. The molecule has 1 heterocycles. The van der Waals surface area contributed by atoms with Crippen molar-refractivity contribution < 1.29 is 9.53 Å². The maximum Gasteiger partial charge on any atom is 0.343 e. The Morgan fingerprint density at radius 1 is 1.33 bits per heavy atom. The van der Waals surface area contributed by atoms with E-state index in [1.54, 1.807) is 6.92 Å². The lowest BCUT2D eigenvalue weighted by Crippen LogP contribution is -2.09. The van der Waals surface area contributed by atoms with Gasteiger partial charge in [0.2, 0.25) is 0 Å². The van der Waals surface area contributed by atoms with Gasteiger partial charge in [-0.3, -0.25) is 0 Å². The molecule has 5 heteroatoms. The van der Waals surface area contributed by atoms with E-state index < -0.39 is 5.97 Å². The van der Waals surface area contributed by atoms with Crippen LogP contribution in [0, 0.1) is 0 Å². The van der Waals surface area contributed by atoms with E-state index in [9.17, 15) is 4.79 Å². The number of para-hydroxylation sites is 1. The van der Waals surface area contributed by atoms with Gasteiger partial charge in [-0.05, 0) is 19.1 Å². The first-order valence-electron chi connectivity index (χ1n) is 5.60. The molecular weight excluding hydrogens is 230 g/mol. The zero-order valence-corrected chi connectivity index (χ0v) is 9.96. The molecule has 0 aliphatic carbocycles. The molecule has 0 aliphatic rings.